The smallest absolute Gasteiger partial charge is 0.253 e. The molecule has 1 saturated heterocycles. The monoisotopic (exact) mass is 358 g/mol. The Morgan fingerprint density at radius 3 is 2.69 bits per heavy atom. The summed E-state index contributed by atoms with van der Waals surface area (Å²) in [5.41, 5.74) is 1.77. The molecule has 0 saturated carbocycles. The highest BCUT2D eigenvalue weighted by atomic mass is 19.1. The molecule has 138 valence electrons. The maximum absolute atomic E-state index is 13.2. The Hall–Kier alpha value is -2.44. The number of rotatable bonds is 6. The number of carbonyl (C=O) groups is 1. The minimum Gasteiger partial charge on any atom is -0.496 e. The van der Waals surface area contributed by atoms with E-state index in [0.29, 0.717) is 26.2 Å². The Morgan fingerprint density at radius 2 is 2.00 bits per heavy atom. The Morgan fingerprint density at radius 1 is 1.23 bits per heavy atom. The van der Waals surface area contributed by atoms with Gasteiger partial charge >= 0.3 is 0 Å². The van der Waals surface area contributed by atoms with E-state index in [1.807, 2.05) is 24.3 Å². The van der Waals surface area contributed by atoms with E-state index in [9.17, 15) is 9.18 Å². The number of nitrogens with zero attached hydrogens (tertiary/aromatic N) is 1. The Kier molecular flexibility index (Phi) is 6.20. The molecule has 0 aliphatic carbocycles. The third kappa shape index (κ3) is 4.59. The molecule has 0 radical (unpaired) electrons. The lowest BCUT2D eigenvalue weighted by atomic mass is 10.1. The summed E-state index contributed by atoms with van der Waals surface area (Å²) in [5, 5.41) is 3.18. The van der Waals surface area contributed by atoms with Crippen molar-refractivity contribution in [2.45, 2.75) is 19.2 Å². The molecule has 1 atom stereocenters. The number of morpholine rings is 1. The van der Waals surface area contributed by atoms with Crippen molar-refractivity contribution in [3.63, 3.8) is 0 Å². The number of nitrogens with one attached hydrogen (secondary N) is 1. The van der Waals surface area contributed by atoms with E-state index < -0.39 is 6.10 Å². The zero-order valence-corrected chi connectivity index (χ0v) is 14.8. The second-order valence-corrected chi connectivity index (χ2v) is 6.20. The Labute approximate surface area is 152 Å². The van der Waals surface area contributed by atoms with Crippen LogP contribution in [0.25, 0.3) is 0 Å². The quantitative estimate of drug-likeness (QED) is 0.861. The van der Waals surface area contributed by atoms with Crippen molar-refractivity contribution in [2.24, 2.45) is 0 Å². The van der Waals surface area contributed by atoms with Gasteiger partial charge in [-0.1, -0.05) is 30.3 Å². The maximum Gasteiger partial charge on any atom is 0.253 e. The van der Waals surface area contributed by atoms with Gasteiger partial charge in [-0.2, -0.15) is 0 Å². The summed E-state index contributed by atoms with van der Waals surface area (Å²) >= 11 is 0. The number of ether oxygens (including phenoxy) is 2. The maximum atomic E-state index is 13.2. The SMILES string of the molecule is COc1ccccc1CN(Cc1ccc(F)cc1)C(=O)[C@@H]1CNCCO1. The van der Waals surface area contributed by atoms with Crippen molar-refractivity contribution in [2.75, 3.05) is 26.8 Å². The highest BCUT2D eigenvalue weighted by molar-refractivity contribution is 5.81. The summed E-state index contributed by atoms with van der Waals surface area (Å²) in [6, 6.07) is 13.8. The van der Waals surface area contributed by atoms with E-state index in [4.69, 9.17) is 9.47 Å². The molecule has 1 aliphatic rings. The summed E-state index contributed by atoms with van der Waals surface area (Å²) < 4.78 is 24.2. The minimum absolute atomic E-state index is 0.0903. The van der Waals surface area contributed by atoms with Crippen LogP contribution in [0.4, 0.5) is 4.39 Å². The predicted octanol–water partition coefficient (Wildman–Crippen LogP) is 2.35. The van der Waals surface area contributed by atoms with Gasteiger partial charge in [0.15, 0.2) is 0 Å². The summed E-state index contributed by atoms with van der Waals surface area (Å²) in [7, 11) is 1.61. The van der Waals surface area contributed by atoms with Gasteiger partial charge < -0.3 is 19.7 Å². The first kappa shape index (κ1) is 18.4. The summed E-state index contributed by atoms with van der Waals surface area (Å²) in [5.74, 6) is 0.343. The van der Waals surface area contributed by atoms with Crippen LogP contribution in [-0.2, 0) is 22.6 Å². The first-order valence-corrected chi connectivity index (χ1v) is 8.65. The third-order valence-electron chi connectivity index (χ3n) is 4.36. The summed E-state index contributed by atoms with van der Waals surface area (Å²) in [6.45, 7) is 2.51. The van der Waals surface area contributed by atoms with Crippen LogP contribution >= 0.6 is 0 Å². The molecule has 2 aromatic carbocycles. The number of amides is 1. The number of hydrogen-bond acceptors (Lipinski definition) is 4. The highest BCUT2D eigenvalue weighted by Gasteiger charge is 2.27. The van der Waals surface area contributed by atoms with Crippen LogP contribution in [0.3, 0.4) is 0 Å². The predicted molar refractivity (Wildman–Crippen MR) is 96.3 cm³/mol. The number of benzene rings is 2. The van der Waals surface area contributed by atoms with Crippen molar-refractivity contribution in [3.8, 4) is 5.75 Å². The van der Waals surface area contributed by atoms with E-state index in [-0.39, 0.29) is 11.7 Å². The first-order chi connectivity index (χ1) is 12.7. The van der Waals surface area contributed by atoms with Crippen LogP contribution in [0.5, 0.6) is 5.75 Å². The molecule has 0 spiro atoms. The van der Waals surface area contributed by atoms with Gasteiger partial charge in [0.25, 0.3) is 5.91 Å². The largest absolute Gasteiger partial charge is 0.496 e. The zero-order valence-electron chi connectivity index (χ0n) is 14.8. The number of methoxy groups -OCH3 is 1. The van der Waals surface area contributed by atoms with Crippen molar-refractivity contribution < 1.29 is 18.7 Å². The van der Waals surface area contributed by atoms with E-state index in [0.717, 1.165) is 23.4 Å². The zero-order chi connectivity index (χ0) is 18.4. The molecular weight excluding hydrogens is 335 g/mol. The lowest BCUT2D eigenvalue weighted by Crippen LogP contribution is -2.49. The van der Waals surface area contributed by atoms with Crippen LogP contribution in [-0.4, -0.2) is 43.7 Å². The fourth-order valence-electron chi connectivity index (χ4n) is 2.99. The molecule has 0 aromatic heterocycles. The van der Waals surface area contributed by atoms with Gasteiger partial charge in [0.1, 0.15) is 17.7 Å². The van der Waals surface area contributed by atoms with Gasteiger partial charge in [-0.25, -0.2) is 4.39 Å². The van der Waals surface area contributed by atoms with Crippen molar-refractivity contribution in [1.29, 1.82) is 0 Å². The molecule has 1 amide bonds. The molecule has 5 nitrogen and oxygen atoms in total. The van der Waals surface area contributed by atoms with Crippen LogP contribution < -0.4 is 10.1 Å². The van der Waals surface area contributed by atoms with Gasteiger partial charge in [0.05, 0.1) is 13.7 Å². The van der Waals surface area contributed by atoms with E-state index in [2.05, 4.69) is 5.32 Å². The second-order valence-electron chi connectivity index (χ2n) is 6.20. The number of carbonyl (C=O) groups excluding carboxylic acids is 1. The normalized spacial score (nSPS) is 16.9. The molecule has 1 aliphatic heterocycles. The molecule has 1 heterocycles. The van der Waals surface area contributed by atoms with Crippen LogP contribution in [0, 0.1) is 5.82 Å². The number of hydrogen-bond donors (Lipinski definition) is 1. The van der Waals surface area contributed by atoms with Gasteiger partial charge in [-0.15, -0.1) is 0 Å². The van der Waals surface area contributed by atoms with Crippen LogP contribution in [0.1, 0.15) is 11.1 Å². The minimum atomic E-state index is -0.515. The fourth-order valence-corrected chi connectivity index (χ4v) is 2.99. The van der Waals surface area contributed by atoms with Gasteiger partial charge in [0.2, 0.25) is 0 Å². The van der Waals surface area contributed by atoms with Gasteiger partial charge in [0, 0.05) is 31.7 Å². The fraction of sp³-hybridized carbons (Fsp3) is 0.350. The molecule has 26 heavy (non-hydrogen) atoms. The lowest BCUT2D eigenvalue weighted by Gasteiger charge is -2.30. The van der Waals surface area contributed by atoms with Crippen molar-refractivity contribution in [3.05, 3.63) is 65.5 Å². The van der Waals surface area contributed by atoms with Crippen LogP contribution in [0.15, 0.2) is 48.5 Å². The first-order valence-electron chi connectivity index (χ1n) is 8.65. The molecule has 1 fully saturated rings. The molecule has 0 bridgehead atoms. The van der Waals surface area contributed by atoms with E-state index >= 15 is 0 Å². The van der Waals surface area contributed by atoms with Gasteiger partial charge in [-0.3, -0.25) is 4.79 Å². The van der Waals surface area contributed by atoms with Crippen LogP contribution in [0.2, 0.25) is 0 Å². The van der Waals surface area contributed by atoms with E-state index in [1.165, 1.54) is 12.1 Å². The molecule has 3 rings (SSSR count). The summed E-state index contributed by atoms with van der Waals surface area (Å²) in [4.78, 5) is 14.7. The highest BCUT2D eigenvalue weighted by Crippen LogP contribution is 2.21. The van der Waals surface area contributed by atoms with Crippen molar-refractivity contribution >= 4 is 5.91 Å². The average Bonchev–Trinajstić information content (AvgIpc) is 2.69. The topological polar surface area (TPSA) is 50.8 Å². The molecule has 0 unspecified atom stereocenters. The summed E-state index contributed by atoms with van der Waals surface area (Å²) in [6.07, 6.45) is -0.515. The number of para-hydroxylation sites is 1. The Bertz CT molecular complexity index is 730. The Balaban J connectivity index is 1.82. The molecule has 2 aromatic rings. The lowest BCUT2D eigenvalue weighted by molar-refractivity contribution is -0.146. The number of halogens is 1. The molecule has 6 heteroatoms. The third-order valence-corrected chi connectivity index (χ3v) is 4.36. The van der Waals surface area contributed by atoms with Gasteiger partial charge in [-0.05, 0) is 23.8 Å². The average molecular weight is 358 g/mol. The molecule has 1 N–H and O–H groups in total. The molecular formula is C20H23FN2O3. The van der Waals surface area contributed by atoms with E-state index in [1.54, 1.807) is 24.1 Å². The standard InChI is InChI=1S/C20H23FN2O3/c1-25-18-5-3-2-4-16(18)14-23(13-15-6-8-17(21)9-7-15)20(24)19-12-22-10-11-26-19/h2-9,19,22H,10-14H2,1H3/t19-/m0/s1. The second kappa shape index (κ2) is 8.78. The van der Waals surface area contributed by atoms with Crippen molar-refractivity contribution in [1.82, 2.24) is 10.2 Å².